The Morgan fingerprint density at radius 1 is 0.781 bits per heavy atom. The number of aromatic nitrogens is 2. The molecule has 1 aromatic heterocycles. The van der Waals surface area contributed by atoms with Crippen LogP contribution >= 0.6 is 0 Å². The van der Waals surface area contributed by atoms with E-state index in [0.717, 1.165) is 28.2 Å². The van der Waals surface area contributed by atoms with Gasteiger partial charge in [0.1, 0.15) is 0 Å². The molecule has 0 unspecified atom stereocenters. The van der Waals surface area contributed by atoms with Crippen LogP contribution < -0.4 is 10.2 Å². The molecule has 1 saturated heterocycles. The number of nitrogens with one attached hydrogen (secondary N) is 1. The van der Waals surface area contributed by atoms with Crippen molar-refractivity contribution in [3.8, 4) is 0 Å². The van der Waals surface area contributed by atoms with Gasteiger partial charge in [-0.2, -0.15) is 4.31 Å². The van der Waals surface area contributed by atoms with E-state index in [9.17, 15) is 8.42 Å². The van der Waals surface area contributed by atoms with Crippen LogP contribution in [0.4, 0.5) is 17.3 Å². The maximum absolute atomic E-state index is 13.3. The van der Waals surface area contributed by atoms with Gasteiger partial charge >= 0.3 is 0 Å². The summed E-state index contributed by atoms with van der Waals surface area (Å²) in [4.78, 5) is 2.51. The Morgan fingerprint density at radius 3 is 1.97 bits per heavy atom. The Hall–Kier alpha value is -2.97. The average Bonchev–Trinajstić information content (AvgIpc) is 2.75. The molecule has 0 saturated carbocycles. The minimum atomic E-state index is -3.53. The molecule has 1 fully saturated rings. The normalized spacial score (nSPS) is 15.1. The van der Waals surface area contributed by atoms with Gasteiger partial charge in [0.25, 0.3) is 0 Å². The molecule has 0 bridgehead atoms. The largest absolute Gasteiger partial charge is 0.352 e. The van der Waals surface area contributed by atoms with Crippen molar-refractivity contribution in [1.82, 2.24) is 14.5 Å². The van der Waals surface area contributed by atoms with Crippen molar-refractivity contribution >= 4 is 27.3 Å². The molecular formula is C24H29N5O2S. The molecule has 3 aromatic rings. The highest BCUT2D eigenvalue weighted by Crippen LogP contribution is 2.27. The first kappa shape index (κ1) is 22.2. The van der Waals surface area contributed by atoms with Crippen molar-refractivity contribution in [3.05, 3.63) is 70.8 Å². The first-order chi connectivity index (χ1) is 15.2. The zero-order valence-electron chi connectivity index (χ0n) is 19.0. The van der Waals surface area contributed by atoms with E-state index in [0.29, 0.717) is 36.9 Å². The van der Waals surface area contributed by atoms with Crippen LogP contribution in [0.3, 0.4) is 0 Å². The van der Waals surface area contributed by atoms with E-state index in [2.05, 4.69) is 20.4 Å². The molecule has 0 radical (unpaired) electrons. The number of piperazine rings is 1. The third kappa shape index (κ3) is 4.61. The molecule has 2 aromatic carbocycles. The number of anilines is 3. The summed E-state index contributed by atoms with van der Waals surface area (Å²) >= 11 is 0. The molecule has 1 aliphatic rings. The quantitative estimate of drug-likeness (QED) is 0.633. The predicted octanol–water partition coefficient (Wildman–Crippen LogP) is 3.96. The van der Waals surface area contributed by atoms with E-state index in [4.69, 9.17) is 0 Å². The van der Waals surface area contributed by atoms with Crippen LogP contribution in [0, 0.1) is 27.7 Å². The molecule has 8 heteroatoms. The fraction of sp³-hybridized carbons (Fsp3) is 0.333. The number of rotatable bonds is 5. The van der Waals surface area contributed by atoms with E-state index >= 15 is 0 Å². The summed E-state index contributed by atoms with van der Waals surface area (Å²) < 4.78 is 28.2. The van der Waals surface area contributed by atoms with Crippen molar-refractivity contribution in [1.29, 1.82) is 0 Å². The van der Waals surface area contributed by atoms with Gasteiger partial charge in [0.2, 0.25) is 10.0 Å². The van der Waals surface area contributed by atoms with E-state index < -0.39 is 10.0 Å². The highest BCUT2D eigenvalue weighted by molar-refractivity contribution is 7.89. The Morgan fingerprint density at radius 2 is 1.41 bits per heavy atom. The van der Waals surface area contributed by atoms with Gasteiger partial charge in [-0.05, 0) is 63.1 Å². The van der Waals surface area contributed by atoms with E-state index in [1.165, 1.54) is 5.56 Å². The second-order valence-electron chi connectivity index (χ2n) is 8.39. The number of hydrogen-bond donors (Lipinski definition) is 1. The lowest BCUT2D eigenvalue weighted by Crippen LogP contribution is -2.49. The molecule has 4 rings (SSSR count). The number of aryl methyl sites for hydroxylation is 4. The zero-order chi connectivity index (χ0) is 22.9. The number of benzene rings is 2. The number of sulfonamides is 1. The van der Waals surface area contributed by atoms with Crippen LogP contribution in [0.25, 0.3) is 0 Å². The second kappa shape index (κ2) is 8.88. The second-order valence-corrected chi connectivity index (χ2v) is 10.3. The summed E-state index contributed by atoms with van der Waals surface area (Å²) in [5, 5.41) is 11.9. The summed E-state index contributed by atoms with van der Waals surface area (Å²) in [6.45, 7) is 9.74. The van der Waals surface area contributed by atoms with Gasteiger partial charge in [-0.15, -0.1) is 10.2 Å². The first-order valence-electron chi connectivity index (χ1n) is 10.7. The summed E-state index contributed by atoms with van der Waals surface area (Å²) in [6.07, 6.45) is 0. The van der Waals surface area contributed by atoms with Crippen LogP contribution in [-0.4, -0.2) is 49.1 Å². The highest BCUT2D eigenvalue weighted by atomic mass is 32.2. The molecule has 2 heterocycles. The van der Waals surface area contributed by atoms with Gasteiger partial charge in [-0.25, -0.2) is 8.42 Å². The van der Waals surface area contributed by atoms with Crippen molar-refractivity contribution in [3.63, 3.8) is 0 Å². The zero-order valence-corrected chi connectivity index (χ0v) is 19.8. The number of nitrogens with zero attached hydrogens (tertiary/aromatic N) is 4. The van der Waals surface area contributed by atoms with Crippen LogP contribution in [0.2, 0.25) is 0 Å². The van der Waals surface area contributed by atoms with Crippen LogP contribution in [0.15, 0.2) is 53.4 Å². The van der Waals surface area contributed by atoms with Crippen molar-refractivity contribution in [2.45, 2.75) is 32.6 Å². The molecular weight excluding hydrogens is 422 g/mol. The lowest BCUT2D eigenvalue weighted by atomic mass is 10.1. The predicted molar refractivity (Wildman–Crippen MR) is 128 cm³/mol. The SMILES string of the molecule is Cc1ccc(Nc2ccc(N3CCN(S(=O)(=O)c4c(C)cc(C)cc4C)CC3)nn2)cc1. The molecule has 0 amide bonds. The Bertz CT molecular complexity index is 1180. The van der Waals surface area contributed by atoms with Gasteiger partial charge in [0.05, 0.1) is 4.90 Å². The standard InChI is InChI=1S/C24H29N5O2S/c1-17-5-7-21(8-6-17)25-22-9-10-23(27-26-22)28-11-13-29(14-12-28)32(30,31)24-19(3)15-18(2)16-20(24)4/h5-10,15-16H,11-14H2,1-4H3,(H,25,26). The molecule has 1 aliphatic heterocycles. The molecule has 0 spiro atoms. The van der Waals surface area contributed by atoms with E-state index in [1.54, 1.807) is 4.31 Å². The van der Waals surface area contributed by atoms with Crippen molar-refractivity contribution < 1.29 is 8.42 Å². The maximum Gasteiger partial charge on any atom is 0.243 e. The molecule has 7 nitrogen and oxygen atoms in total. The van der Waals surface area contributed by atoms with Gasteiger partial charge in [0.15, 0.2) is 11.6 Å². The monoisotopic (exact) mass is 451 g/mol. The van der Waals surface area contributed by atoms with Crippen LogP contribution in [0.5, 0.6) is 0 Å². The molecule has 0 atom stereocenters. The van der Waals surface area contributed by atoms with Gasteiger partial charge in [-0.3, -0.25) is 0 Å². The Labute approximate surface area is 190 Å². The maximum atomic E-state index is 13.3. The highest BCUT2D eigenvalue weighted by Gasteiger charge is 2.31. The van der Waals surface area contributed by atoms with Crippen LogP contribution in [0.1, 0.15) is 22.3 Å². The third-order valence-corrected chi connectivity index (χ3v) is 7.94. The summed E-state index contributed by atoms with van der Waals surface area (Å²) in [5.41, 5.74) is 4.83. The average molecular weight is 452 g/mol. The van der Waals surface area contributed by atoms with Crippen LogP contribution in [-0.2, 0) is 10.0 Å². The lowest BCUT2D eigenvalue weighted by Gasteiger charge is -2.35. The fourth-order valence-electron chi connectivity index (χ4n) is 4.21. The molecule has 1 N–H and O–H groups in total. The smallest absolute Gasteiger partial charge is 0.243 e. The summed E-state index contributed by atoms with van der Waals surface area (Å²) in [5.74, 6) is 1.42. The van der Waals surface area contributed by atoms with Crippen molar-refractivity contribution in [2.75, 3.05) is 36.4 Å². The first-order valence-corrected chi connectivity index (χ1v) is 12.2. The molecule has 0 aliphatic carbocycles. The van der Waals surface area contributed by atoms with Gasteiger partial charge < -0.3 is 10.2 Å². The Balaban J connectivity index is 1.42. The minimum Gasteiger partial charge on any atom is -0.352 e. The molecule has 32 heavy (non-hydrogen) atoms. The van der Waals surface area contributed by atoms with Gasteiger partial charge in [0, 0.05) is 31.9 Å². The fourth-order valence-corrected chi connectivity index (χ4v) is 6.04. The summed E-state index contributed by atoms with van der Waals surface area (Å²) in [7, 11) is -3.53. The van der Waals surface area contributed by atoms with Crippen molar-refractivity contribution in [2.24, 2.45) is 0 Å². The lowest BCUT2D eigenvalue weighted by molar-refractivity contribution is 0.383. The summed E-state index contributed by atoms with van der Waals surface area (Å²) in [6, 6.07) is 15.8. The molecule has 168 valence electrons. The van der Waals surface area contributed by atoms with E-state index in [1.807, 2.05) is 76.2 Å². The third-order valence-electron chi connectivity index (χ3n) is 5.74. The van der Waals surface area contributed by atoms with E-state index in [-0.39, 0.29) is 0 Å². The number of hydrogen-bond acceptors (Lipinski definition) is 6. The topological polar surface area (TPSA) is 78.4 Å². The minimum absolute atomic E-state index is 0.417. The Kier molecular flexibility index (Phi) is 6.17. The van der Waals surface area contributed by atoms with Gasteiger partial charge in [-0.1, -0.05) is 35.4 Å².